The topological polar surface area (TPSA) is 64.4 Å². The maximum absolute atomic E-state index is 12.3. The number of aryl methyl sites for hydroxylation is 2. The summed E-state index contributed by atoms with van der Waals surface area (Å²) in [6.07, 6.45) is 0. The summed E-state index contributed by atoms with van der Waals surface area (Å²) in [5.41, 5.74) is 3.82. The van der Waals surface area contributed by atoms with E-state index in [4.69, 9.17) is 9.26 Å². The minimum atomic E-state index is -0.356. The zero-order valence-corrected chi connectivity index (χ0v) is 13.6. The van der Waals surface area contributed by atoms with Gasteiger partial charge in [-0.15, -0.1) is 0 Å². The number of nitrogens with zero attached hydrogens (tertiary/aromatic N) is 1. The Kier molecular flexibility index (Phi) is 4.61. The van der Waals surface area contributed by atoms with E-state index in [-0.39, 0.29) is 17.5 Å². The SMILES string of the molecule is Cc1ccc(C)c(NC(=O)c2cc(OCc3ccccc3)no2)c1. The van der Waals surface area contributed by atoms with Gasteiger partial charge in [0.15, 0.2) is 0 Å². The zero-order chi connectivity index (χ0) is 16.9. The van der Waals surface area contributed by atoms with Gasteiger partial charge in [-0.05, 0) is 41.8 Å². The average molecular weight is 322 g/mol. The van der Waals surface area contributed by atoms with Crippen molar-refractivity contribution in [3.8, 4) is 5.88 Å². The van der Waals surface area contributed by atoms with Crippen molar-refractivity contribution in [3.05, 3.63) is 77.0 Å². The van der Waals surface area contributed by atoms with Crippen LogP contribution in [0.15, 0.2) is 59.1 Å². The van der Waals surface area contributed by atoms with Gasteiger partial charge < -0.3 is 14.6 Å². The Bertz CT molecular complexity index is 841. The molecule has 0 aliphatic rings. The Hall–Kier alpha value is -3.08. The van der Waals surface area contributed by atoms with E-state index < -0.39 is 0 Å². The minimum absolute atomic E-state index is 0.110. The molecule has 0 bridgehead atoms. The molecule has 0 radical (unpaired) electrons. The van der Waals surface area contributed by atoms with Crippen molar-refractivity contribution in [1.82, 2.24) is 5.16 Å². The summed E-state index contributed by atoms with van der Waals surface area (Å²) in [6, 6.07) is 17.1. The van der Waals surface area contributed by atoms with Gasteiger partial charge in [-0.25, -0.2) is 0 Å². The van der Waals surface area contributed by atoms with Gasteiger partial charge in [0.25, 0.3) is 11.8 Å². The number of amides is 1. The molecule has 1 amide bonds. The number of aromatic nitrogens is 1. The molecule has 1 heterocycles. The standard InChI is InChI=1S/C19H18N2O3/c1-13-8-9-14(2)16(10-13)20-19(22)17-11-18(21-24-17)23-12-15-6-4-3-5-7-15/h3-11H,12H2,1-2H3,(H,20,22). The summed E-state index contributed by atoms with van der Waals surface area (Å²) >= 11 is 0. The van der Waals surface area contributed by atoms with Crippen LogP contribution in [0.4, 0.5) is 5.69 Å². The summed E-state index contributed by atoms with van der Waals surface area (Å²) < 4.78 is 10.6. The predicted molar refractivity (Wildman–Crippen MR) is 91.1 cm³/mol. The fraction of sp³-hybridized carbons (Fsp3) is 0.158. The van der Waals surface area contributed by atoms with Crippen LogP contribution in [-0.2, 0) is 6.61 Å². The lowest BCUT2D eigenvalue weighted by molar-refractivity contribution is 0.0987. The van der Waals surface area contributed by atoms with Crippen molar-refractivity contribution in [2.24, 2.45) is 0 Å². The van der Waals surface area contributed by atoms with E-state index in [0.717, 1.165) is 22.4 Å². The van der Waals surface area contributed by atoms with Crippen LogP contribution in [0.3, 0.4) is 0 Å². The third-order valence-electron chi connectivity index (χ3n) is 3.58. The van der Waals surface area contributed by atoms with Crippen molar-refractivity contribution in [2.45, 2.75) is 20.5 Å². The van der Waals surface area contributed by atoms with Crippen LogP contribution in [0.2, 0.25) is 0 Å². The number of carbonyl (C=O) groups excluding carboxylic acids is 1. The number of benzene rings is 2. The molecule has 5 heteroatoms. The smallest absolute Gasteiger partial charge is 0.294 e. The summed E-state index contributed by atoms with van der Waals surface area (Å²) in [6.45, 7) is 4.27. The highest BCUT2D eigenvalue weighted by atomic mass is 16.5. The Morgan fingerprint density at radius 1 is 1.12 bits per heavy atom. The second-order valence-corrected chi connectivity index (χ2v) is 5.58. The van der Waals surface area contributed by atoms with Gasteiger partial charge in [0.1, 0.15) is 6.61 Å². The molecule has 0 aliphatic heterocycles. The largest absolute Gasteiger partial charge is 0.471 e. The molecular weight excluding hydrogens is 304 g/mol. The van der Waals surface area contributed by atoms with Crippen molar-refractivity contribution in [1.29, 1.82) is 0 Å². The third-order valence-corrected chi connectivity index (χ3v) is 3.58. The molecule has 0 saturated carbocycles. The highest BCUT2D eigenvalue weighted by Crippen LogP contribution is 2.19. The first-order valence-electron chi connectivity index (χ1n) is 7.64. The van der Waals surface area contributed by atoms with Crippen molar-refractivity contribution in [2.75, 3.05) is 5.32 Å². The lowest BCUT2D eigenvalue weighted by Crippen LogP contribution is -2.12. The van der Waals surface area contributed by atoms with E-state index in [1.54, 1.807) is 0 Å². The van der Waals surface area contributed by atoms with E-state index in [2.05, 4.69) is 10.5 Å². The molecule has 2 aromatic carbocycles. The van der Waals surface area contributed by atoms with Gasteiger partial charge in [-0.1, -0.05) is 42.5 Å². The number of anilines is 1. The van der Waals surface area contributed by atoms with E-state index >= 15 is 0 Å². The number of rotatable bonds is 5. The number of nitrogens with one attached hydrogen (secondary N) is 1. The first-order chi connectivity index (χ1) is 11.6. The maximum atomic E-state index is 12.3. The van der Waals surface area contributed by atoms with Crippen LogP contribution in [0.1, 0.15) is 27.2 Å². The van der Waals surface area contributed by atoms with Gasteiger partial charge in [0.05, 0.1) is 6.07 Å². The van der Waals surface area contributed by atoms with Crippen molar-refractivity contribution in [3.63, 3.8) is 0 Å². The lowest BCUT2D eigenvalue weighted by Gasteiger charge is -2.07. The van der Waals surface area contributed by atoms with Gasteiger partial charge in [-0.3, -0.25) is 4.79 Å². The average Bonchev–Trinajstić information content (AvgIpc) is 3.06. The van der Waals surface area contributed by atoms with Gasteiger partial charge in [-0.2, -0.15) is 0 Å². The molecule has 122 valence electrons. The summed E-state index contributed by atoms with van der Waals surface area (Å²) in [7, 11) is 0. The van der Waals surface area contributed by atoms with E-state index in [0.29, 0.717) is 6.61 Å². The summed E-state index contributed by atoms with van der Waals surface area (Å²) in [4.78, 5) is 12.3. The molecule has 1 N–H and O–H groups in total. The molecule has 0 aliphatic carbocycles. The number of hydrogen-bond acceptors (Lipinski definition) is 4. The van der Waals surface area contributed by atoms with Crippen molar-refractivity contribution < 1.29 is 14.1 Å². The van der Waals surface area contributed by atoms with E-state index in [1.165, 1.54) is 6.07 Å². The number of ether oxygens (including phenoxy) is 1. The van der Waals surface area contributed by atoms with Crippen LogP contribution >= 0.6 is 0 Å². The highest BCUT2D eigenvalue weighted by Gasteiger charge is 2.15. The second-order valence-electron chi connectivity index (χ2n) is 5.58. The van der Waals surface area contributed by atoms with Gasteiger partial charge >= 0.3 is 0 Å². The van der Waals surface area contributed by atoms with E-state index in [1.807, 2.05) is 62.4 Å². The molecule has 0 saturated heterocycles. The summed E-state index contributed by atoms with van der Waals surface area (Å²) in [5, 5.41) is 6.60. The quantitative estimate of drug-likeness (QED) is 0.767. The molecule has 24 heavy (non-hydrogen) atoms. The van der Waals surface area contributed by atoms with Crippen molar-refractivity contribution >= 4 is 11.6 Å². The van der Waals surface area contributed by atoms with E-state index in [9.17, 15) is 4.79 Å². The second kappa shape index (κ2) is 7.00. The molecule has 0 spiro atoms. The van der Waals surface area contributed by atoms with Gasteiger partial charge in [0.2, 0.25) is 5.76 Å². The molecular formula is C19H18N2O3. The van der Waals surface area contributed by atoms with Crippen LogP contribution < -0.4 is 10.1 Å². The lowest BCUT2D eigenvalue weighted by atomic mass is 10.1. The predicted octanol–water partition coefficient (Wildman–Crippen LogP) is 4.12. The Morgan fingerprint density at radius 2 is 1.92 bits per heavy atom. The Balaban J connectivity index is 1.64. The molecule has 5 nitrogen and oxygen atoms in total. The fourth-order valence-electron chi connectivity index (χ4n) is 2.22. The molecule has 0 unspecified atom stereocenters. The number of carbonyl (C=O) groups is 1. The minimum Gasteiger partial charge on any atom is -0.471 e. The molecule has 3 aromatic rings. The highest BCUT2D eigenvalue weighted by molar-refractivity contribution is 6.02. The normalized spacial score (nSPS) is 10.4. The monoisotopic (exact) mass is 322 g/mol. The first kappa shape index (κ1) is 15.8. The molecule has 0 atom stereocenters. The molecule has 3 rings (SSSR count). The van der Waals surface area contributed by atoms with Crippen LogP contribution in [0.25, 0.3) is 0 Å². The maximum Gasteiger partial charge on any atom is 0.294 e. The number of hydrogen-bond donors (Lipinski definition) is 1. The molecule has 1 aromatic heterocycles. The van der Waals surface area contributed by atoms with Gasteiger partial charge in [0, 0.05) is 5.69 Å². The third kappa shape index (κ3) is 3.81. The Morgan fingerprint density at radius 3 is 2.71 bits per heavy atom. The van der Waals surface area contributed by atoms with Crippen LogP contribution in [-0.4, -0.2) is 11.1 Å². The zero-order valence-electron chi connectivity index (χ0n) is 13.6. The Labute approximate surface area is 140 Å². The fourth-order valence-corrected chi connectivity index (χ4v) is 2.22. The van der Waals surface area contributed by atoms with Crippen LogP contribution in [0.5, 0.6) is 5.88 Å². The summed E-state index contributed by atoms with van der Waals surface area (Å²) in [5.74, 6) is 0.0368. The first-order valence-corrected chi connectivity index (χ1v) is 7.64. The molecule has 0 fully saturated rings. The van der Waals surface area contributed by atoms with Crippen LogP contribution in [0, 0.1) is 13.8 Å².